The van der Waals surface area contributed by atoms with Crippen LogP contribution in [0, 0.1) is 23.3 Å². The summed E-state index contributed by atoms with van der Waals surface area (Å²) in [4.78, 5) is 24.3. The molecule has 176 valence electrons. The summed E-state index contributed by atoms with van der Waals surface area (Å²) in [7, 11) is 0.819. The van der Waals surface area contributed by atoms with Crippen molar-refractivity contribution in [1.82, 2.24) is 5.32 Å². The number of ether oxygens (including phenoxy) is 1. The lowest BCUT2D eigenvalue weighted by Crippen LogP contribution is -2.35. The quantitative estimate of drug-likeness (QED) is 0.268. The Kier molecular flexibility index (Phi) is 7.79. The van der Waals surface area contributed by atoms with Crippen LogP contribution in [0.1, 0.15) is 15.9 Å². The molecule has 0 aromatic heterocycles. The number of hydrogen-bond acceptors (Lipinski definition) is 4. The first-order valence-corrected chi connectivity index (χ1v) is 10.1. The van der Waals surface area contributed by atoms with E-state index >= 15 is 0 Å². The summed E-state index contributed by atoms with van der Waals surface area (Å²) in [6, 6.07) is 15.3. The van der Waals surface area contributed by atoms with E-state index in [2.05, 4.69) is 15.4 Å². The highest BCUT2D eigenvalue weighted by atomic mass is 32.1. The minimum absolute atomic E-state index is 0.191. The molecule has 0 aliphatic carbocycles. The highest BCUT2D eigenvalue weighted by molar-refractivity contribution is 7.80. The van der Waals surface area contributed by atoms with Crippen molar-refractivity contribution >= 4 is 40.5 Å². The molecular weight excluding hydrogens is 474 g/mol. The minimum atomic E-state index is -1.92. The molecule has 0 spiro atoms. The molecule has 11 heteroatoms. The van der Waals surface area contributed by atoms with Crippen LogP contribution in [0.25, 0.3) is 0 Å². The molecule has 0 saturated carbocycles. The summed E-state index contributed by atoms with van der Waals surface area (Å²) in [5.41, 5.74) is 0.217. The normalized spacial score (nSPS) is 10.4. The van der Waals surface area contributed by atoms with Gasteiger partial charge >= 0.3 is 0 Å². The second kappa shape index (κ2) is 10.8. The van der Waals surface area contributed by atoms with Gasteiger partial charge < -0.3 is 15.4 Å². The van der Waals surface area contributed by atoms with Crippen molar-refractivity contribution in [3.63, 3.8) is 0 Å². The fraction of sp³-hybridized carbons (Fsp3) is 0.0870. The van der Waals surface area contributed by atoms with E-state index in [-0.39, 0.29) is 17.4 Å². The first kappa shape index (κ1) is 24.6. The predicted octanol–water partition coefficient (Wildman–Crippen LogP) is 4.56. The number of carbonyl (C=O) groups is 2. The van der Waals surface area contributed by atoms with Crippen molar-refractivity contribution < 1.29 is 31.9 Å². The number of hydrogen-bond donors (Lipinski definition) is 3. The summed E-state index contributed by atoms with van der Waals surface area (Å²) < 4.78 is 60.1. The van der Waals surface area contributed by atoms with Crippen LogP contribution in [0.15, 0.2) is 54.6 Å². The molecule has 0 radical (unpaired) electrons. The van der Waals surface area contributed by atoms with Gasteiger partial charge in [0, 0.05) is 11.4 Å². The highest BCUT2D eigenvalue weighted by Gasteiger charge is 2.30. The molecule has 0 heterocycles. The summed E-state index contributed by atoms with van der Waals surface area (Å²) >= 11 is 4.92. The highest BCUT2D eigenvalue weighted by Crippen LogP contribution is 2.29. The van der Waals surface area contributed by atoms with Crippen molar-refractivity contribution in [1.29, 1.82) is 0 Å². The van der Waals surface area contributed by atoms with E-state index in [1.807, 2.05) is 35.6 Å². The van der Waals surface area contributed by atoms with Gasteiger partial charge in [0.05, 0.1) is 13.5 Å². The molecule has 0 aliphatic heterocycles. The number of carbonyl (C=O) groups excluding carboxylic acids is 2. The second-order valence-electron chi connectivity index (χ2n) is 6.86. The van der Waals surface area contributed by atoms with Crippen LogP contribution in [0.5, 0.6) is 5.75 Å². The first-order chi connectivity index (χ1) is 16.2. The Bertz CT molecular complexity index is 1210. The number of anilines is 2. The number of thiocarbonyl (C=S) groups is 1. The van der Waals surface area contributed by atoms with Crippen LogP contribution in [-0.4, -0.2) is 24.0 Å². The van der Waals surface area contributed by atoms with Gasteiger partial charge in [-0.3, -0.25) is 14.9 Å². The molecule has 3 N–H and O–H groups in total. The fourth-order valence-corrected chi connectivity index (χ4v) is 3.15. The van der Waals surface area contributed by atoms with Crippen LogP contribution in [0.2, 0.25) is 0 Å². The third-order valence-corrected chi connectivity index (χ3v) is 4.72. The number of nitrogens with one attached hydrogen (secondary N) is 3. The molecule has 0 bridgehead atoms. The van der Waals surface area contributed by atoms with Gasteiger partial charge in [-0.25, -0.2) is 8.78 Å². The molecule has 6 nitrogen and oxygen atoms in total. The Morgan fingerprint density at radius 2 is 1.35 bits per heavy atom. The Morgan fingerprint density at radius 1 is 0.824 bits per heavy atom. The third-order valence-electron chi connectivity index (χ3n) is 4.52. The van der Waals surface area contributed by atoms with Crippen molar-refractivity contribution in [2.24, 2.45) is 0 Å². The average molecular weight is 491 g/mol. The van der Waals surface area contributed by atoms with Gasteiger partial charge in [0.2, 0.25) is 17.5 Å². The summed E-state index contributed by atoms with van der Waals surface area (Å²) in [5.74, 6) is -10.6. The van der Waals surface area contributed by atoms with Crippen LogP contribution in [0.4, 0.5) is 28.9 Å². The van der Waals surface area contributed by atoms with Gasteiger partial charge in [-0.2, -0.15) is 8.78 Å². The lowest BCUT2D eigenvalue weighted by atomic mass is 10.1. The number of methoxy groups -OCH3 is 1. The van der Waals surface area contributed by atoms with E-state index in [0.29, 0.717) is 11.4 Å². The van der Waals surface area contributed by atoms with Gasteiger partial charge in [0.1, 0.15) is 5.56 Å². The molecule has 34 heavy (non-hydrogen) atoms. The van der Waals surface area contributed by atoms with Crippen LogP contribution in [-0.2, 0) is 11.2 Å². The van der Waals surface area contributed by atoms with E-state index in [1.165, 1.54) is 12.1 Å². The van der Waals surface area contributed by atoms with Crippen LogP contribution < -0.4 is 20.7 Å². The third kappa shape index (κ3) is 5.67. The van der Waals surface area contributed by atoms with E-state index in [0.717, 1.165) is 12.7 Å². The van der Waals surface area contributed by atoms with Gasteiger partial charge in [0.15, 0.2) is 22.5 Å². The maximum absolute atomic E-state index is 14.1. The Hall–Kier alpha value is -3.99. The lowest BCUT2D eigenvalue weighted by Gasteiger charge is -2.13. The standard InChI is InChI=1S/C23H17F4N3O3S/c1-33-21-19(26)17(24)16(18(25)20(21)27)22(32)30-23(34)29-14-9-7-13(8-10-14)28-15(31)11-12-5-3-2-4-6-12/h2-10H,11H2,1H3,(H,28,31)(H2,29,30,32,34). The van der Waals surface area contributed by atoms with Crippen LogP contribution in [0.3, 0.4) is 0 Å². The molecule has 3 rings (SSSR count). The lowest BCUT2D eigenvalue weighted by molar-refractivity contribution is -0.115. The Morgan fingerprint density at radius 3 is 1.88 bits per heavy atom. The molecule has 0 aliphatic rings. The topological polar surface area (TPSA) is 79.5 Å². The summed E-state index contributed by atoms with van der Waals surface area (Å²) in [6.45, 7) is 0. The molecule has 3 aromatic rings. The maximum atomic E-state index is 14.1. The molecule has 2 amide bonds. The molecule has 0 atom stereocenters. The maximum Gasteiger partial charge on any atom is 0.263 e. The van der Waals surface area contributed by atoms with Gasteiger partial charge in [-0.15, -0.1) is 0 Å². The van der Waals surface area contributed by atoms with Crippen molar-refractivity contribution in [2.45, 2.75) is 6.42 Å². The molecule has 0 fully saturated rings. The number of benzene rings is 3. The van der Waals surface area contributed by atoms with Crippen LogP contribution >= 0.6 is 12.2 Å². The Balaban J connectivity index is 1.61. The summed E-state index contributed by atoms with van der Waals surface area (Å²) in [5, 5.41) is 6.87. The van der Waals surface area contributed by atoms with E-state index in [1.54, 1.807) is 12.1 Å². The van der Waals surface area contributed by atoms with E-state index in [4.69, 9.17) is 12.2 Å². The molecule has 3 aromatic carbocycles. The summed E-state index contributed by atoms with van der Waals surface area (Å²) in [6.07, 6.45) is 0.191. The zero-order valence-corrected chi connectivity index (χ0v) is 18.4. The SMILES string of the molecule is COc1c(F)c(F)c(C(=O)NC(=S)Nc2ccc(NC(=O)Cc3ccccc3)cc2)c(F)c1F. The van der Waals surface area contributed by atoms with E-state index in [9.17, 15) is 27.2 Å². The first-order valence-electron chi connectivity index (χ1n) is 9.67. The fourth-order valence-electron chi connectivity index (χ4n) is 2.94. The smallest absolute Gasteiger partial charge is 0.263 e. The van der Waals surface area contributed by atoms with Gasteiger partial charge in [-0.1, -0.05) is 30.3 Å². The van der Waals surface area contributed by atoms with Crippen molar-refractivity contribution in [3.8, 4) is 5.75 Å². The number of amides is 2. The van der Waals surface area contributed by atoms with E-state index < -0.39 is 40.5 Å². The second-order valence-corrected chi connectivity index (χ2v) is 7.27. The molecule has 0 unspecified atom stereocenters. The largest absolute Gasteiger partial charge is 0.491 e. The zero-order valence-electron chi connectivity index (χ0n) is 17.5. The van der Waals surface area contributed by atoms with Gasteiger partial charge in [-0.05, 0) is 42.0 Å². The Labute approximate surface area is 196 Å². The molecule has 0 saturated heterocycles. The predicted molar refractivity (Wildman–Crippen MR) is 122 cm³/mol. The van der Waals surface area contributed by atoms with Gasteiger partial charge in [0.25, 0.3) is 5.91 Å². The van der Waals surface area contributed by atoms with Crippen molar-refractivity contribution in [3.05, 3.63) is 89.0 Å². The monoisotopic (exact) mass is 491 g/mol. The van der Waals surface area contributed by atoms with Crippen molar-refractivity contribution in [2.75, 3.05) is 17.7 Å². The average Bonchev–Trinajstić information content (AvgIpc) is 2.80. The number of halogens is 4. The molecular formula is C23H17F4N3O3S. The zero-order chi connectivity index (χ0) is 24.8. The minimum Gasteiger partial charge on any atom is -0.491 e. The number of rotatable bonds is 6.